The van der Waals surface area contributed by atoms with Crippen molar-refractivity contribution in [2.75, 3.05) is 25.6 Å². The van der Waals surface area contributed by atoms with Gasteiger partial charge in [0.05, 0.1) is 18.5 Å². The first-order chi connectivity index (χ1) is 13.8. The van der Waals surface area contributed by atoms with Crippen molar-refractivity contribution >= 4 is 11.8 Å². The van der Waals surface area contributed by atoms with Crippen LogP contribution in [0.1, 0.15) is 129 Å². The molecule has 3 heteroatoms. The van der Waals surface area contributed by atoms with E-state index < -0.39 is 0 Å². The summed E-state index contributed by atoms with van der Waals surface area (Å²) in [5, 5.41) is 9.64. The van der Waals surface area contributed by atoms with Gasteiger partial charge in [0.25, 0.3) is 0 Å². The van der Waals surface area contributed by atoms with Crippen molar-refractivity contribution in [1.82, 2.24) is 0 Å². The summed E-state index contributed by atoms with van der Waals surface area (Å²) in [6.45, 7) is 6.32. The van der Waals surface area contributed by atoms with Gasteiger partial charge in [-0.05, 0) is 18.6 Å². The van der Waals surface area contributed by atoms with Crippen molar-refractivity contribution in [2.24, 2.45) is 0 Å². The van der Waals surface area contributed by atoms with E-state index in [0.717, 1.165) is 12.4 Å². The molecule has 0 saturated carbocycles. The number of thioether (sulfide) groups is 1. The van der Waals surface area contributed by atoms with Crippen LogP contribution in [0.15, 0.2) is 0 Å². The van der Waals surface area contributed by atoms with Gasteiger partial charge in [0.1, 0.15) is 0 Å². The summed E-state index contributed by atoms with van der Waals surface area (Å²) < 4.78 is 5.76. The highest BCUT2D eigenvalue weighted by atomic mass is 32.2. The predicted molar refractivity (Wildman–Crippen MR) is 129 cm³/mol. The van der Waals surface area contributed by atoms with Crippen LogP contribution in [0.4, 0.5) is 0 Å². The molecule has 0 heterocycles. The zero-order valence-electron chi connectivity index (χ0n) is 19.4. The lowest BCUT2D eigenvalue weighted by atomic mass is 10.0. The summed E-state index contributed by atoms with van der Waals surface area (Å²) in [7, 11) is 0. The molecule has 1 unspecified atom stereocenters. The number of hydrogen-bond acceptors (Lipinski definition) is 3. The van der Waals surface area contributed by atoms with Crippen LogP contribution in [0.3, 0.4) is 0 Å². The van der Waals surface area contributed by atoms with E-state index in [9.17, 15) is 5.11 Å². The highest BCUT2D eigenvalue weighted by molar-refractivity contribution is 7.99. The summed E-state index contributed by atoms with van der Waals surface area (Å²) in [5.74, 6) is 1.14. The predicted octanol–water partition coefficient (Wildman–Crippen LogP) is 8.16. The van der Waals surface area contributed by atoms with Crippen LogP contribution in [-0.4, -0.2) is 35.9 Å². The van der Waals surface area contributed by atoms with Crippen LogP contribution >= 0.6 is 11.8 Å². The molecule has 1 atom stereocenters. The lowest BCUT2D eigenvalue weighted by molar-refractivity contribution is 0.117. The molecule has 170 valence electrons. The van der Waals surface area contributed by atoms with E-state index in [1.54, 1.807) is 0 Å². The molecule has 28 heavy (non-hydrogen) atoms. The minimum Gasteiger partial charge on any atom is -0.395 e. The van der Waals surface area contributed by atoms with E-state index in [4.69, 9.17) is 4.74 Å². The average Bonchev–Trinajstić information content (AvgIpc) is 2.71. The Morgan fingerprint density at radius 1 is 0.607 bits per heavy atom. The number of hydrogen-bond donors (Lipinski definition) is 1. The Kier molecular flexibility index (Phi) is 25.6. The molecule has 0 saturated heterocycles. The fourth-order valence-corrected chi connectivity index (χ4v) is 4.60. The van der Waals surface area contributed by atoms with E-state index in [0.29, 0.717) is 6.61 Å². The minimum atomic E-state index is 0.243. The third kappa shape index (κ3) is 22.6. The largest absolute Gasteiger partial charge is 0.395 e. The molecule has 0 fully saturated rings. The Morgan fingerprint density at radius 2 is 1.04 bits per heavy atom. The Hall–Kier alpha value is 0.270. The summed E-state index contributed by atoms with van der Waals surface area (Å²) in [4.78, 5) is 0. The number of rotatable bonds is 24. The topological polar surface area (TPSA) is 29.5 Å². The van der Waals surface area contributed by atoms with Gasteiger partial charge in [-0.1, -0.05) is 117 Å². The Morgan fingerprint density at radius 3 is 1.46 bits per heavy atom. The van der Waals surface area contributed by atoms with Gasteiger partial charge in [0.2, 0.25) is 0 Å². The molecule has 0 amide bonds. The van der Waals surface area contributed by atoms with Crippen LogP contribution in [0.5, 0.6) is 0 Å². The maximum atomic E-state index is 9.37. The number of aliphatic hydroxyl groups excluding tert-OH is 1. The fraction of sp³-hybridized carbons (Fsp3) is 1.00. The molecule has 0 aliphatic rings. The molecule has 0 aliphatic carbocycles. The van der Waals surface area contributed by atoms with E-state index >= 15 is 0 Å². The molecule has 0 bridgehead atoms. The molecule has 1 N–H and O–H groups in total. The smallest absolute Gasteiger partial charge is 0.0607 e. The Labute approximate surface area is 182 Å². The first kappa shape index (κ1) is 28.3. The molecule has 0 aromatic rings. The van der Waals surface area contributed by atoms with Gasteiger partial charge in [-0.25, -0.2) is 0 Å². The first-order valence-corrected chi connectivity index (χ1v) is 13.7. The molecule has 0 aromatic heterocycles. The summed E-state index contributed by atoms with van der Waals surface area (Å²) in [6.07, 6.45) is 24.9. The molecule has 0 aromatic carbocycles. The van der Waals surface area contributed by atoms with E-state index in [1.165, 1.54) is 116 Å². The van der Waals surface area contributed by atoms with E-state index in [1.807, 2.05) is 11.8 Å². The van der Waals surface area contributed by atoms with Gasteiger partial charge in [0, 0.05) is 6.61 Å². The van der Waals surface area contributed by atoms with Crippen LogP contribution in [-0.2, 0) is 4.74 Å². The van der Waals surface area contributed by atoms with Gasteiger partial charge in [-0.2, -0.15) is 11.8 Å². The van der Waals surface area contributed by atoms with Crippen molar-refractivity contribution in [2.45, 2.75) is 135 Å². The van der Waals surface area contributed by atoms with Gasteiger partial charge < -0.3 is 9.84 Å². The van der Waals surface area contributed by atoms with Crippen LogP contribution in [0.2, 0.25) is 0 Å². The zero-order valence-corrected chi connectivity index (χ0v) is 20.2. The lowest BCUT2D eigenvalue weighted by Gasteiger charge is -2.14. The highest BCUT2D eigenvalue weighted by Gasteiger charge is 2.07. The van der Waals surface area contributed by atoms with Gasteiger partial charge in [-0.15, -0.1) is 0 Å². The van der Waals surface area contributed by atoms with Crippen LogP contribution in [0, 0.1) is 0 Å². The Balaban J connectivity index is 3.13. The first-order valence-electron chi connectivity index (χ1n) is 12.6. The molecule has 0 radical (unpaired) electrons. The summed E-state index contributed by atoms with van der Waals surface area (Å²) in [6, 6.07) is 0. The maximum Gasteiger partial charge on any atom is 0.0607 e. The van der Waals surface area contributed by atoms with Gasteiger partial charge in [0.15, 0.2) is 0 Å². The van der Waals surface area contributed by atoms with Crippen LogP contribution in [0.25, 0.3) is 0 Å². The normalized spacial score (nSPS) is 12.5. The average molecular weight is 417 g/mol. The summed E-state index contributed by atoms with van der Waals surface area (Å²) in [5.41, 5.74) is 0. The molecule has 2 nitrogen and oxygen atoms in total. The number of aliphatic hydroxyl groups is 1. The number of ether oxygens (including phenoxy) is 1. The third-order valence-electron chi connectivity index (χ3n) is 5.50. The quantitative estimate of drug-likeness (QED) is 0.161. The van der Waals surface area contributed by atoms with Crippen molar-refractivity contribution in [1.29, 1.82) is 0 Å². The van der Waals surface area contributed by atoms with Crippen LogP contribution < -0.4 is 0 Å². The lowest BCUT2D eigenvalue weighted by Crippen LogP contribution is -2.17. The monoisotopic (exact) mass is 416 g/mol. The SMILES string of the molecule is CCCCCCCCCCCCCCCCCCOCC(CO)SCCCC. The second kappa shape index (κ2) is 25.3. The zero-order chi connectivity index (χ0) is 20.5. The van der Waals surface area contributed by atoms with E-state index in [2.05, 4.69) is 13.8 Å². The molecule has 0 aliphatic heterocycles. The fourth-order valence-electron chi connectivity index (χ4n) is 3.51. The highest BCUT2D eigenvalue weighted by Crippen LogP contribution is 2.15. The van der Waals surface area contributed by atoms with Gasteiger partial charge in [-0.3, -0.25) is 0 Å². The van der Waals surface area contributed by atoms with E-state index in [-0.39, 0.29) is 11.9 Å². The standard InChI is InChI=1S/C25H52O2S/c1-3-5-7-8-9-10-11-12-13-14-15-16-17-18-19-20-21-27-24-25(23-26)28-22-6-4-2/h25-26H,3-24H2,1-2H3. The molecular weight excluding hydrogens is 364 g/mol. The molecule has 0 rings (SSSR count). The van der Waals surface area contributed by atoms with Crippen molar-refractivity contribution in [3.05, 3.63) is 0 Å². The molecule has 0 spiro atoms. The van der Waals surface area contributed by atoms with Gasteiger partial charge >= 0.3 is 0 Å². The summed E-state index contributed by atoms with van der Waals surface area (Å²) >= 11 is 1.86. The minimum absolute atomic E-state index is 0.243. The third-order valence-corrected chi connectivity index (χ3v) is 6.78. The number of unbranched alkanes of at least 4 members (excludes halogenated alkanes) is 16. The van der Waals surface area contributed by atoms with Crippen molar-refractivity contribution in [3.8, 4) is 0 Å². The Bertz CT molecular complexity index is 273. The molecular formula is C25H52O2S. The van der Waals surface area contributed by atoms with Crippen molar-refractivity contribution < 1.29 is 9.84 Å². The van der Waals surface area contributed by atoms with Crippen molar-refractivity contribution in [3.63, 3.8) is 0 Å². The second-order valence-corrected chi connectivity index (χ2v) is 9.82. The second-order valence-electron chi connectivity index (χ2n) is 8.41. The maximum absolute atomic E-state index is 9.37.